The normalized spacial score (nSPS) is 17.7. The number of hydrogen-bond donors (Lipinski definition) is 0. The number of aromatic nitrogens is 3. The fourth-order valence-electron chi connectivity index (χ4n) is 2.87. The second-order valence-corrected chi connectivity index (χ2v) is 6.37. The third-order valence-corrected chi connectivity index (χ3v) is 4.48. The SMILES string of the molecule is C#CCCC1(CCC(=O)N2CC(Cn3cc(C(=O)OC)nn3)C2)N=N1. The molecule has 3 heterocycles. The number of methoxy groups -OCH3 is 1. The Labute approximate surface area is 145 Å². The zero-order valence-corrected chi connectivity index (χ0v) is 14.1. The van der Waals surface area contributed by atoms with Gasteiger partial charge in [0.25, 0.3) is 0 Å². The Morgan fingerprint density at radius 2 is 2.16 bits per heavy atom. The summed E-state index contributed by atoms with van der Waals surface area (Å²) in [4.78, 5) is 25.4. The molecule has 3 rings (SSSR count). The third-order valence-electron chi connectivity index (χ3n) is 4.48. The number of carbonyl (C=O) groups excluding carboxylic acids is 2. The average molecular weight is 344 g/mol. The number of hydrogen-bond acceptors (Lipinski definition) is 7. The average Bonchev–Trinajstić information content (AvgIpc) is 3.20. The van der Waals surface area contributed by atoms with Gasteiger partial charge in [0.1, 0.15) is 0 Å². The fraction of sp³-hybridized carbons (Fsp3) is 0.625. The molecule has 0 atom stereocenters. The van der Waals surface area contributed by atoms with Gasteiger partial charge in [-0.2, -0.15) is 10.2 Å². The molecule has 0 bridgehead atoms. The molecule has 1 fully saturated rings. The molecule has 2 aliphatic heterocycles. The lowest BCUT2D eigenvalue weighted by Crippen LogP contribution is -2.51. The Hall–Kier alpha value is -2.76. The summed E-state index contributed by atoms with van der Waals surface area (Å²) in [5, 5.41) is 15.8. The lowest BCUT2D eigenvalue weighted by molar-refractivity contribution is -0.138. The van der Waals surface area contributed by atoms with Gasteiger partial charge >= 0.3 is 5.97 Å². The molecule has 132 valence electrons. The van der Waals surface area contributed by atoms with Gasteiger partial charge in [0.15, 0.2) is 11.4 Å². The van der Waals surface area contributed by atoms with Crippen LogP contribution in [0.2, 0.25) is 0 Å². The van der Waals surface area contributed by atoms with E-state index in [4.69, 9.17) is 6.42 Å². The van der Waals surface area contributed by atoms with Crippen LogP contribution in [0.3, 0.4) is 0 Å². The molecule has 0 saturated carbocycles. The van der Waals surface area contributed by atoms with E-state index in [0.29, 0.717) is 51.2 Å². The van der Waals surface area contributed by atoms with E-state index in [9.17, 15) is 9.59 Å². The quantitative estimate of drug-likeness (QED) is 0.514. The smallest absolute Gasteiger partial charge is 0.360 e. The highest BCUT2D eigenvalue weighted by Crippen LogP contribution is 2.38. The standard InChI is InChI=1S/C16H20N6O3/c1-3-4-6-16(18-19-16)7-5-14(23)21-8-12(9-21)10-22-11-13(17-20-22)15(24)25-2/h1,11-12H,4-10H2,2H3. The number of ether oxygens (including phenoxy) is 1. The first-order valence-electron chi connectivity index (χ1n) is 8.19. The van der Waals surface area contributed by atoms with Gasteiger partial charge in [0.2, 0.25) is 5.91 Å². The Balaban J connectivity index is 1.37. The molecule has 0 radical (unpaired) electrons. The van der Waals surface area contributed by atoms with Gasteiger partial charge in [0, 0.05) is 51.2 Å². The van der Waals surface area contributed by atoms with Gasteiger partial charge < -0.3 is 9.64 Å². The molecule has 1 amide bonds. The summed E-state index contributed by atoms with van der Waals surface area (Å²) in [6.45, 7) is 1.97. The number of terminal acetylenes is 1. The second-order valence-electron chi connectivity index (χ2n) is 6.37. The van der Waals surface area contributed by atoms with Crippen molar-refractivity contribution in [2.24, 2.45) is 16.1 Å². The highest BCUT2D eigenvalue weighted by molar-refractivity contribution is 5.86. The van der Waals surface area contributed by atoms with Crippen LogP contribution in [0, 0.1) is 18.3 Å². The van der Waals surface area contributed by atoms with Gasteiger partial charge in [-0.1, -0.05) is 5.21 Å². The Morgan fingerprint density at radius 1 is 1.40 bits per heavy atom. The van der Waals surface area contributed by atoms with Gasteiger partial charge in [-0.3, -0.25) is 9.48 Å². The molecule has 9 nitrogen and oxygen atoms in total. The molecule has 1 aromatic heterocycles. The van der Waals surface area contributed by atoms with Crippen LogP contribution >= 0.6 is 0 Å². The molecule has 0 unspecified atom stereocenters. The summed E-state index contributed by atoms with van der Waals surface area (Å²) in [7, 11) is 1.30. The Bertz CT molecular complexity index is 722. The monoisotopic (exact) mass is 344 g/mol. The molecular formula is C16H20N6O3. The predicted octanol–water partition coefficient (Wildman–Crippen LogP) is 0.879. The van der Waals surface area contributed by atoms with Crippen molar-refractivity contribution in [2.75, 3.05) is 20.2 Å². The van der Waals surface area contributed by atoms with Crippen LogP contribution in [0.1, 0.15) is 36.2 Å². The largest absolute Gasteiger partial charge is 0.464 e. The first-order valence-corrected chi connectivity index (χ1v) is 8.19. The molecule has 0 N–H and O–H groups in total. The van der Waals surface area contributed by atoms with E-state index in [1.807, 2.05) is 4.90 Å². The molecule has 25 heavy (non-hydrogen) atoms. The first-order chi connectivity index (χ1) is 12.0. The highest BCUT2D eigenvalue weighted by atomic mass is 16.5. The molecule has 0 aliphatic carbocycles. The number of nitrogens with zero attached hydrogens (tertiary/aromatic N) is 6. The van der Waals surface area contributed by atoms with Crippen molar-refractivity contribution in [3.8, 4) is 12.3 Å². The number of likely N-dealkylation sites (tertiary alicyclic amines) is 1. The van der Waals surface area contributed by atoms with Crippen molar-refractivity contribution in [2.45, 2.75) is 37.9 Å². The van der Waals surface area contributed by atoms with Crippen LogP contribution in [0.5, 0.6) is 0 Å². The minimum Gasteiger partial charge on any atom is -0.464 e. The maximum atomic E-state index is 12.2. The lowest BCUT2D eigenvalue weighted by Gasteiger charge is -2.39. The van der Waals surface area contributed by atoms with Crippen LogP contribution < -0.4 is 0 Å². The molecule has 1 aromatic rings. The van der Waals surface area contributed by atoms with E-state index in [0.717, 1.165) is 0 Å². The minimum absolute atomic E-state index is 0.113. The van der Waals surface area contributed by atoms with Crippen molar-refractivity contribution in [3.05, 3.63) is 11.9 Å². The number of carbonyl (C=O) groups is 2. The zero-order chi connectivity index (χ0) is 17.9. The third kappa shape index (κ3) is 4.02. The maximum Gasteiger partial charge on any atom is 0.360 e. The molecule has 0 aromatic carbocycles. The van der Waals surface area contributed by atoms with E-state index in [1.165, 1.54) is 7.11 Å². The van der Waals surface area contributed by atoms with Crippen molar-refractivity contribution < 1.29 is 14.3 Å². The van der Waals surface area contributed by atoms with E-state index < -0.39 is 11.6 Å². The summed E-state index contributed by atoms with van der Waals surface area (Å²) >= 11 is 0. The van der Waals surface area contributed by atoms with Crippen LogP contribution in [-0.4, -0.2) is 57.6 Å². The first kappa shape index (κ1) is 17.1. The number of esters is 1. The highest BCUT2D eigenvalue weighted by Gasteiger charge is 2.40. The number of rotatable bonds is 8. The molecular weight excluding hydrogens is 324 g/mol. The second kappa shape index (κ2) is 7.01. The summed E-state index contributed by atoms with van der Waals surface area (Å²) in [6, 6.07) is 0. The van der Waals surface area contributed by atoms with Crippen molar-refractivity contribution in [3.63, 3.8) is 0 Å². The summed E-state index contributed by atoms with van der Waals surface area (Å²) in [6.07, 6.45) is 9.21. The van der Waals surface area contributed by atoms with Crippen LogP contribution in [0.15, 0.2) is 16.4 Å². The van der Waals surface area contributed by atoms with E-state index in [2.05, 4.69) is 31.2 Å². The number of amides is 1. The minimum atomic E-state index is -0.508. The lowest BCUT2D eigenvalue weighted by atomic mass is 9.97. The maximum absolute atomic E-state index is 12.2. The molecule has 0 spiro atoms. The van der Waals surface area contributed by atoms with Crippen LogP contribution in [-0.2, 0) is 16.1 Å². The van der Waals surface area contributed by atoms with Crippen LogP contribution in [0.4, 0.5) is 0 Å². The van der Waals surface area contributed by atoms with Gasteiger partial charge in [-0.05, 0) is 0 Å². The van der Waals surface area contributed by atoms with Crippen molar-refractivity contribution in [1.29, 1.82) is 0 Å². The van der Waals surface area contributed by atoms with Crippen molar-refractivity contribution >= 4 is 11.9 Å². The molecule has 2 aliphatic rings. The Kier molecular flexibility index (Phi) is 4.79. The van der Waals surface area contributed by atoms with Gasteiger partial charge in [0.05, 0.1) is 13.3 Å². The van der Waals surface area contributed by atoms with Crippen molar-refractivity contribution in [1.82, 2.24) is 19.9 Å². The summed E-state index contributed by atoms with van der Waals surface area (Å²) < 4.78 is 6.20. The van der Waals surface area contributed by atoms with Gasteiger partial charge in [-0.25, -0.2) is 4.79 Å². The van der Waals surface area contributed by atoms with E-state index >= 15 is 0 Å². The summed E-state index contributed by atoms with van der Waals surface area (Å²) in [5.74, 6) is 2.49. The topological polar surface area (TPSA) is 102 Å². The predicted molar refractivity (Wildman–Crippen MR) is 86.3 cm³/mol. The fourth-order valence-corrected chi connectivity index (χ4v) is 2.87. The molecule has 9 heteroatoms. The Morgan fingerprint density at radius 3 is 2.80 bits per heavy atom. The van der Waals surface area contributed by atoms with E-state index in [-0.39, 0.29) is 11.6 Å². The van der Waals surface area contributed by atoms with Crippen LogP contribution in [0.25, 0.3) is 0 Å². The zero-order valence-electron chi connectivity index (χ0n) is 14.1. The summed E-state index contributed by atoms with van der Waals surface area (Å²) in [5.41, 5.74) is -0.221. The molecule has 1 saturated heterocycles. The van der Waals surface area contributed by atoms with E-state index in [1.54, 1.807) is 10.9 Å². The van der Waals surface area contributed by atoms with Gasteiger partial charge in [-0.15, -0.1) is 17.4 Å².